The van der Waals surface area contributed by atoms with E-state index in [-0.39, 0.29) is 11.7 Å². The molecule has 3 rings (SSSR count). The highest BCUT2D eigenvalue weighted by Crippen LogP contribution is 2.21. The highest BCUT2D eigenvalue weighted by Gasteiger charge is 2.25. The van der Waals surface area contributed by atoms with Crippen molar-refractivity contribution in [3.8, 4) is 6.07 Å². The molecule has 0 aliphatic carbocycles. The number of aromatic amines is 1. The van der Waals surface area contributed by atoms with Crippen LogP contribution < -0.4 is 0 Å². The Labute approximate surface area is 165 Å². The molecule has 0 bridgehead atoms. The Kier molecular flexibility index (Phi) is 5.96. The van der Waals surface area contributed by atoms with Crippen LogP contribution in [0.4, 0.5) is 0 Å². The molecule has 0 radical (unpaired) electrons. The van der Waals surface area contributed by atoms with Gasteiger partial charge in [-0.05, 0) is 50.5 Å². The number of hydrogen-bond donors (Lipinski definition) is 1. The summed E-state index contributed by atoms with van der Waals surface area (Å²) in [5.41, 5.74) is 4.49. The first kappa shape index (κ1) is 19.8. The lowest BCUT2D eigenvalue weighted by Gasteiger charge is -2.22. The van der Waals surface area contributed by atoms with Crippen LogP contribution in [0.25, 0.3) is 0 Å². The third kappa shape index (κ3) is 4.15. The lowest BCUT2D eigenvalue weighted by molar-refractivity contribution is 0.0755. The molecule has 146 valence electrons. The summed E-state index contributed by atoms with van der Waals surface area (Å²) >= 11 is 0. The van der Waals surface area contributed by atoms with Gasteiger partial charge in [-0.15, -0.1) is 0 Å². The van der Waals surface area contributed by atoms with Gasteiger partial charge in [-0.3, -0.25) is 14.5 Å². The van der Waals surface area contributed by atoms with E-state index in [1.165, 1.54) is 12.5 Å². The molecular formula is C22H26N4O2. The van der Waals surface area contributed by atoms with Crippen molar-refractivity contribution in [3.63, 3.8) is 0 Å². The first-order chi connectivity index (χ1) is 13.4. The maximum Gasteiger partial charge on any atom is 0.270 e. The van der Waals surface area contributed by atoms with Crippen molar-refractivity contribution in [1.29, 1.82) is 5.26 Å². The van der Waals surface area contributed by atoms with Gasteiger partial charge in [0.25, 0.3) is 5.91 Å². The number of nitriles is 1. The molecule has 1 aromatic carbocycles. The summed E-state index contributed by atoms with van der Waals surface area (Å²) < 4.78 is 0. The number of carbonyl (C=O) groups is 2. The molecule has 6 heteroatoms. The number of amides is 1. The van der Waals surface area contributed by atoms with Crippen LogP contribution in [0.5, 0.6) is 0 Å². The minimum absolute atomic E-state index is 0.0187. The van der Waals surface area contributed by atoms with E-state index in [4.69, 9.17) is 5.26 Å². The molecule has 0 atom stereocenters. The number of nitrogens with zero attached hydrogens (tertiary/aromatic N) is 3. The zero-order valence-electron chi connectivity index (χ0n) is 16.7. The Morgan fingerprint density at radius 2 is 1.82 bits per heavy atom. The number of carbonyl (C=O) groups excluding carboxylic acids is 2. The summed E-state index contributed by atoms with van der Waals surface area (Å²) in [7, 11) is 0. The molecule has 1 saturated heterocycles. The van der Waals surface area contributed by atoms with Crippen molar-refractivity contribution in [3.05, 3.63) is 57.9 Å². The molecule has 1 aromatic heterocycles. The van der Waals surface area contributed by atoms with Crippen LogP contribution in [0.15, 0.2) is 24.3 Å². The van der Waals surface area contributed by atoms with E-state index in [9.17, 15) is 9.59 Å². The van der Waals surface area contributed by atoms with E-state index in [0.29, 0.717) is 29.9 Å². The van der Waals surface area contributed by atoms with Crippen molar-refractivity contribution >= 4 is 11.7 Å². The molecule has 1 aliphatic rings. The van der Waals surface area contributed by atoms with E-state index in [1.54, 1.807) is 0 Å². The third-order valence-electron chi connectivity index (χ3n) is 5.37. The first-order valence-electron chi connectivity index (χ1n) is 9.61. The third-order valence-corrected chi connectivity index (χ3v) is 5.37. The van der Waals surface area contributed by atoms with Gasteiger partial charge in [0.2, 0.25) is 0 Å². The molecule has 0 unspecified atom stereocenters. The van der Waals surface area contributed by atoms with Crippen LogP contribution in [0.2, 0.25) is 0 Å². The van der Waals surface area contributed by atoms with Gasteiger partial charge < -0.3 is 9.88 Å². The van der Waals surface area contributed by atoms with Crippen molar-refractivity contribution in [1.82, 2.24) is 14.8 Å². The average Bonchev–Trinajstić information content (AvgIpc) is 2.83. The van der Waals surface area contributed by atoms with Crippen LogP contribution in [0.3, 0.4) is 0 Å². The lowest BCUT2D eigenvalue weighted by Crippen LogP contribution is -2.35. The molecule has 1 N–H and O–H groups in total. The number of H-pyrrole nitrogens is 1. The Bertz CT molecular complexity index is 921. The predicted molar refractivity (Wildman–Crippen MR) is 107 cm³/mol. The normalized spacial score (nSPS) is 15.1. The van der Waals surface area contributed by atoms with E-state index < -0.39 is 0 Å². The summed E-state index contributed by atoms with van der Waals surface area (Å²) in [6, 6.07) is 9.79. The van der Waals surface area contributed by atoms with E-state index >= 15 is 0 Å². The fourth-order valence-electron chi connectivity index (χ4n) is 3.93. The quantitative estimate of drug-likeness (QED) is 0.829. The van der Waals surface area contributed by atoms with E-state index in [0.717, 1.165) is 37.3 Å². The number of aryl methyl sites for hydroxylation is 1. The topological polar surface area (TPSA) is 80.2 Å². The standard InChI is InChI=1S/C22H26N4O2/c1-15-20(17(3)27)16(2)24-21(15)22(28)26-10-4-9-25(11-12-26)14-19-7-5-18(13-23)6-8-19/h5-8,24H,4,9-12,14H2,1-3H3. The van der Waals surface area contributed by atoms with Gasteiger partial charge in [0.1, 0.15) is 5.69 Å². The fraction of sp³-hybridized carbons (Fsp3) is 0.409. The molecule has 2 heterocycles. The zero-order valence-corrected chi connectivity index (χ0v) is 16.7. The second kappa shape index (κ2) is 8.41. The Hall–Kier alpha value is -2.91. The van der Waals surface area contributed by atoms with Gasteiger partial charge in [-0.1, -0.05) is 12.1 Å². The molecule has 6 nitrogen and oxygen atoms in total. The monoisotopic (exact) mass is 378 g/mol. The summed E-state index contributed by atoms with van der Waals surface area (Å²) in [6.45, 7) is 9.09. The molecule has 0 saturated carbocycles. The molecule has 1 aliphatic heterocycles. The SMILES string of the molecule is CC(=O)c1c(C)[nH]c(C(=O)N2CCCN(Cc3ccc(C#N)cc3)CC2)c1C. The number of ketones is 1. The molecule has 1 fully saturated rings. The number of nitrogens with one attached hydrogen (secondary N) is 1. The highest BCUT2D eigenvalue weighted by molar-refractivity contribution is 6.02. The van der Waals surface area contributed by atoms with Crippen LogP contribution in [0.1, 0.15) is 56.6 Å². The molecule has 28 heavy (non-hydrogen) atoms. The highest BCUT2D eigenvalue weighted by atomic mass is 16.2. The van der Waals surface area contributed by atoms with Gasteiger partial charge in [0, 0.05) is 44.0 Å². The number of aromatic nitrogens is 1. The van der Waals surface area contributed by atoms with Crippen LogP contribution in [-0.2, 0) is 6.54 Å². The van der Waals surface area contributed by atoms with Gasteiger partial charge in [0.05, 0.1) is 11.6 Å². The van der Waals surface area contributed by atoms with Crippen molar-refractivity contribution in [2.45, 2.75) is 33.7 Å². The summed E-state index contributed by atoms with van der Waals surface area (Å²) in [6.07, 6.45) is 0.903. The van der Waals surface area contributed by atoms with Crippen molar-refractivity contribution in [2.24, 2.45) is 0 Å². The largest absolute Gasteiger partial charge is 0.354 e. The van der Waals surface area contributed by atoms with Gasteiger partial charge >= 0.3 is 0 Å². The average molecular weight is 378 g/mol. The molecule has 1 amide bonds. The van der Waals surface area contributed by atoms with Crippen LogP contribution >= 0.6 is 0 Å². The van der Waals surface area contributed by atoms with Gasteiger partial charge in [0.15, 0.2) is 5.78 Å². The first-order valence-corrected chi connectivity index (χ1v) is 9.61. The van der Waals surface area contributed by atoms with Crippen molar-refractivity contribution < 1.29 is 9.59 Å². The second-order valence-corrected chi connectivity index (χ2v) is 7.41. The number of benzene rings is 1. The zero-order chi connectivity index (χ0) is 20.3. The molecule has 0 spiro atoms. The molecule has 2 aromatic rings. The van der Waals surface area contributed by atoms with Crippen LogP contribution in [-0.4, -0.2) is 52.7 Å². The Morgan fingerprint density at radius 3 is 2.43 bits per heavy atom. The minimum Gasteiger partial charge on any atom is -0.354 e. The number of rotatable bonds is 4. The van der Waals surface area contributed by atoms with Crippen LogP contribution in [0, 0.1) is 25.2 Å². The van der Waals surface area contributed by atoms with Crippen molar-refractivity contribution in [2.75, 3.05) is 26.2 Å². The lowest BCUT2D eigenvalue weighted by atomic mass is 10.1. The summed E-state index contributed by atoms with van der Waals surface area (Å²) in [5, 5.41) is 8.91. The predicted octanol–water partition coefficient (Wildman–Crippen LogP) is 3.05. The molecular weight excluding hydrogens is 352 g/mol. The number of Topliss-reactive ketones (excluding diaryl/α,β-unsaturated/α-hetero) is 1. The maximum absolute atomic E-state index is 13.0. The minimum atomic E-state index is -0.0340. The van der Waals surface area contributed by atoms with E-state index in [2.05, 4.69) is 16.0 Å². The number of hydrogen-bond acceptors (Lipinski definition) is 4. The smallest absolute Gasteiger partial charge is 0.270 e. The Balaban J connectivity index is 1.66. The van der Waals surface area contributed by atoms with Gasteiger partial charge in [-0.2, -0.15) is 5.26 Å². The summed E-state index contributed by atoms with van der Waals surface area (Å²) in [4.78, 5) is 32.2. The summed E-state index contributed by atoms with van der Waals surface area (Å²) in [5.74, 6) is -0.0527. The van der Waals surface area contributed by atoms with Gasteiger partial charge in [-0.25, -0.2) is 0 Å². The Morgan fingerprint density at radius 1 is 1.11 bits per heavy atom. The second-order valence-electron chi connectivity index (χ2n) is 7.41. The maximum atomic E-state index is 13.0. The fourth-order valence-corrected chi connectivity index (χ4v) is 3.93. The van der Waals surface area contributed by atoms with E-state index in [1.807, 2.05) is 43.0 Å².